The van der Waals surface area contributed by atoms with E-state index in [-0.39, 0.29) is 12.6 Å². The third kappa shape index (κ3) is 5.21. The van der Waals surface area contributed by atoms with Crippen LogP contribution in [0, 0.1) is 0 Å². The Morgan fingerprint density at radius 2 is 1.45 bits per heavy atom. The van der Waals surface area contributed by atoms with Gasteiger partial charge < -0.3 is 10.6 Å². The smallest absolute Gasteiger partial charge is 0.352 e. The van der Waals surface area contributed by atoms with Gasteiger partial charge in [-0.2, -0.15) is 26.3 Å². The molecule has 0 unspecified atom stereocenters. The molecule has 3 nitrogen and oxygen atoms in total. The predicted octanol–water partition coefficient (Wildman–Crippen LogP) is 3.06. The Morgan fingerprint density at radius 1 is 0.955 bits per heavy atom. The van der Waals surface area contributed by atoms with E-state index in [4.69, 9.17) is 0 Å². The van der Waals surface area contributed by atoms with Crippen LogP contribution in [0.4, 0.5) is 26.3 Å². The fraction of sp³-hybridized carbons (Fsp3) is 0.462. The second-order valence-corrected chi connectivity index (χ2v) is 4.51. The molecule has 0 aromatic heterocycles. The number of halogens is 6. The second kappa shape index (κ2) is 6.99. The van der Waals surface area contributed by atoms with Crippen molar-refractivity contribution in [3.05, 3.63) is 34.9 Å². The van der Waals surface area contributed by atoms with Gasteiger partial charge in [0.15, 0.2) is 0 Å². The van der Waals surface area contributed by atoms with Gasteiger partial charge in [0.05, 0.1) is 11.1 Å². The van der Waals surface area contributed by atoms with E-state index in [2.05, 4.69) is 10.6 Å². The van der Waals surface area contributed by atoms with Crippen LogP contribution in [-0.2, 0) is 12.4 Å². The Morgan fingerprint density at radius 3 is 1.86 bits per heavy atom. The van der Waals surface area contributed by atoms with Gasteiger partial charge in [0, 0.05) is 12.1 Å². The molecule has 0 atom stereocenters. The number of nitrogens with one attached hydrogen (secondary N) is 2. The van der Waals surface area contributed by atoms with Crippen LogP contribution in [0.1, 0.15) is 27.9 Å². The topological polar surface area (TPSA) is 41.1 Å². The SMILES string of the molecule is CNCCCNC(=O)c1cc(C(F)(F)F)cc(C(F)(F)F)c1. The lowest BCUT2D eigenvalue weighted by molar-refractivity contribution is -0.143. The molecule has 2 N–H and O–H groups in total. The van der Waals surface area contributed by atoms with Crippen molar-refractivity contribution in [2.45, 2.75) is 18.8 Å². The summed E-state index contributed by atoms with van der Waals surface area (Å²) in [5, 5.41) is 5.07. The number of alkyl halides is 6. The van der Waals surface area contributed by atoms with Crippen LogP contribution in [0.25, 0.3) is 0 Å². The molecule has 1 aromatic rings. The van der Waals surface area contributed by atoms with Crippen molar-refractivity contribution in [1.29, 1.82) is 0 Å². The molecule has 0 aliphatic heterocycles. The molecule has 0 saturated heterocycles. The Bertz CT molecular complexity index is 492. The number of carbonyl (C=O) groups is 1. The van der Waals surface area contributed by atoms with Crippen molar-refractivity contribution in [3.8, 4) is 0 Å². The summed E-state index contributed by atoms with van der Waals surface area (Å²) in [4.78, 5) is 11.7. The van der Waals surface area contributed by atoms with Gasteiger partial charge in [-0.1, -0.05) is 0 Å². The number of rotatable bonds is 5. The molecule has 0 heterocycles. The van der Waals surface area contributed by atoms with E-state index in [9.17, 15) is 31.1 Å². The summed E-state index contributed by atoms with van der Waals surface area (Å²) in [6.07, 6.45) is -9.45. The zero-order chi connectivity index (χ0) is 17.0. The minimum absolute atomic E-state index is 0.0161. The van der Waals surface area contributed by atoms with E-state index in [0.717, 1.165) is 0 Å². The van der Waals surface area contributed by atoms with E-state index in [1.165, 1.54) is 0 Å². The van der Waals surface area contributed by atoms with Gasteiger partial charge >= 0.3 is 12.4 Å². The highest BCUT2D eigenvalue weighted by Crippen LogP contribution is 2.36. The minimum atomic E-state index is -4.97. The molecule has 124 valence electrons. The maximum absolute atomic E-state index is 12.6. The summed E-state index contributed by atoms with van der Waals surface area (Å²) < 4.78 is 75.9. The molecule has 1 aromatic carbocycles. The fourth-order valence-electron chi connectivity index (χ4n) is 1.66. The zero-order valence-electron chi connectivity index (χ0n) is 11.5. The molecular weight excluding hydrogens is 314 g/mol. The Hall–Kier alpha value is -1.77. The second-order valence-electron chi connectivity index (χ2n) is 4.51. The number of hydrogen-bond donors (Lipinski definition) is 2. The number of carbonyl (C=O) groups excluding carboxylic acids is 1. The van der Waals surface area contributed by atoms with Crippen molar-refractivity contribution in [3.63, 3.8) is 0 Å². The van der Waals surface area contributed by atoms with Gasteiger partial charge in [0.25, 0.3) is 5.91 Å². The average molecular weight is 328 g/mol. The zero-order valence-corrected chi connectivity index (χ0v) is 11.5. The van der Waals surface area contributed by atoms with Crippen LogP contribution in [0.5, 0.6) is 0 Å². The molecule has 22 heavy (non-hydrogen) atoms. The van der Waals surface area contributed by atoms with Gasteiger partial charge in [-0.3, -0.25) is 4.79 Å². The summed E-state index contributed by atoms with van der Waals surface area (Å²) >= 11 is 0. The standard InChI is InChI=1S/C13H14F6N2O/c1-20-3-2-4-21-11(22)8-5-9(12(14,15)16)7-10(6-8)13(17,18)19/h5-7,20H,2-4H2,1H3,(H,21,22). The summed E-state index contributed by atoms with van der Waals surface area (Å²) in [6.45, 7) is 0.688. The molecule has 1 amide bonds. The van der Waals surface area contributed by atoms with Gasteiger partial charge in [-0.05, 0) is 38.2 Å². The highest BCUT2D eigenvalue weighted by Gasteiger charge is 2.37. The first-order valence-corrected chi connectivity index (χ1v) is 6.28. The number of amides is 1. The summed E-state index contributed by atoms with van der Waals surface area (Å²) in [5.74, 6) is -0.979. The van der Waals surface area contributed by atoms with E-state index >= 15 is 0 Å². The monoisotopic (exact) mass is 328 g/mol. The lowest BCUT2D eigenvalue weighted by Crippen LogP contribution is -2.27. The molecule has 0 spiro atoms. The maximum Gasteiger partial charge on any atom is 0.416 e. The Labute approximate surface area is 122 Å². The first kappa shape index (κ1) is 18.3. The molecule has 0 aliphatic carbocycles. The van der Waals surface area contributed by atoms with Crippen molar-refractivity contribution >= 4 is 5.91 Å². The summed E-state index contributed by atoms with van der Waals surface area (Å²) in [5.41, 5.74) is -3.70. The molecular formula is C13H14F6N2O. The van der Waals surface area contributed by atoms with Crippen LogP contribution in [-0.4, -0.2) is 26.0 Å². The first-order chi connectivity index (χ1) is 10.1. The quantitative estimate of drug-likeness (QED) is 0.644. The van der Waals surface area contributed by atoms with Crippen LogP contribution in [0.2, 0.25) is 0 Å². The molecule has 9 heteroatoms. The lowest BCUT2D eigenvalue weighted by atomic mass is 10.0. The third-order valence-corrected chi connectivity index (χ3v) is 2.74. The Balaban J connectivity index is 3.05. The van der Waals surface area contributed by atoms with E-state index < -0.39 is 35.0 Å². The lowest BCUT2D eigenvalue weighted by Gasteiger charge is -2.14. The molecule has 0 radical (unpaired) electrons. The highest BCUT2D eigenvalue weighted by molar-refractivity contribution is 5.94. The van der Waals surface area contributed by atoms with Gasteiger partial charge in [0.1, 0.15) is 0 Å². The number of benzene rings is 1. The largest absolute Gasteiger partial charge is 0.416 e. The summed E-state index contributed by atoms with van der Waals surface area (Å²) in [7, 11) is 1.67. The van der Waals surface area contributed by atoms with Gasteiger partial charge in [0.2, 0.25) is 0 Å². The molecule has 0 saturated carbocycles. The van der Waals surface area contributed by atoms with Gasteiger partial charge in [-0.15, -0.1) is 0 Å². The van der Waals surface area contributed by atoms with Crippen molar-refractivity contribution in [2.24, 2.45) is 0 Å². The van der Waals surface area contributed by atoms with Crippen molar-refractivity contribution in [1.82, 2.24) is 10.6 Å². The van der Waals surface area contributed by atoms with Crippen LogP contribution < -0.4 is 10.6 Å². The van der Waals surface area contributed by atoms with Crippen LogP contribution in [0.15, 0.2) is 18.2 Å². The fourth-order valence-corrected chi connectivity index (χ4v) is 1.66. The van der Waals surface area contributed by atoms with Crippen molar-refractivity contribution in [2.75, 3.05) is 20.1 Å². The number of hydrogen-bond acceptors (Lipinski definition) is 2. The van der Waals surface area contributed by atoms with E-state index in [0.29, 0.717) is 25.1 Å². The Kier molecular flexibility index (Phi) is 5.81. The molecule has 0 bridgehead atoms. The maximum atomic E-state index is 12.6. The van der Waals surface area contributed by atoms with Crippen LogP contribution in [0.3, 0.4) is 0 Å². The molecule has 0 aliphatic rings. The van der Waals surface area contributed by atoms with E-state index in [1.807, 2.05) is 0 Å². The summed E-state index contributed by atoms with van der Waals surface area (Å²) in [6, 6.07) is 0.795. The van der Waals surface area contributed by atoms with Crippen molar-refractivity contribution < 1.29 is 31.1 Å². The average Bonchev–Trinajstić information content (AvgIpc) is 2.41. The minimum Gasteiger partial charge on any atom is -0.352 e. The predicted molar refractivity (Wildman–Crippen MR) is 67.3 cm³/mol. The van der Waals surface area contributed by atoms with E-state index in [1.54, 1.807) is 7.05 Å². The van der Waals surface area contributed by atoms with Gasteiger partial charge in [-0.25, -0.2) is 0 Å². The molecule has 0 fully saturated rings. The molecule has 1 rings (SSSR count). The first-order valence-electron chi connectivity index (χ1n) is 6.28. The highest BCUT2D eigenvalue weighted by atomic mass is 19.4. The third-order valence-electron chi connectivity index (χ3n) is 2.74. The van der Waals surface area contributed by atoms with Crippen LogP contribution >= 0.6 is 0 Å². The normalized spacial score (nSPS) is 12.3.